The number of ketones is 2. The molecule has 1 heterocycles. The summed E-state index contributed by atoms with van der Waals surface area (Å²) in [5.41, 5.74) is 1.38. The molecule has 31 heavy (non-hydrogen) atoms. The van der Waals surface area contributed by atoms with Crippen LogP contribution < -0.4 is 4.74 Å². The Morgan fingerprint density at radius 3 is 2.19 bits per heavy atom. The fraction of sp³-hybridized carbons (Fsp3) is 0.462. The van der Waals surface area contributed by atoms with Crippen molar-refractivity contribution in [1.82, 2.24) is 0 Å². The van der Waals surface area contributed by atoms with Gasteiger partial charge in [0.25, 0.3) is 0 Å². The molecule has 2 atom stereocenters. The zero-order valence-electron chi connectivity index (χ0n) is 19.3. The highest BCUT2D eigenvalue weighted by Crippen LogP contribution is 2.61. The lowest BCUT2D eigenvalue weighted by atomic mass is 9.70. The summed E-state index contributed by atoms with van der Waals surface area (Å²) in [6.45, 7) is 10.1. The van der Waals surface area contributed by atoms with Crippen LogP contribution in [0.15, 0.2) is 47.1 Å². The number of aromatic hydroxyl groups is 1. The zero-order valence-corrected chi connectivity index (χ0v) is 19.3. The molecule has 1 N–H and O–H groups in total. The minimum Gasteiger partial charge on any atom is -0.508 e. The van der Waals surface area contributed by atoms with Crippen LogP contribution in [0.4, 0.5) is 0 Å². The average molecular weight is 425 g/mol. The number of ether oxygens (including phenoxy) is 2. The largest absolute Gasteiger partial charge is 0.508 e. The fourth-order valence-corrected chi connectivity index (χ4v) is 4.28. The third kappa shape index (κ3) is 3.99. The van der Waals surface area contributed by atoms with Gasteiger partial charge in [0.2, 0.25) is 5.78 Å². The van der Waals surface area contributed by atoms with Crippen LogP contribution in [-0.4, -0.2) is 35.0 Å². The smallest absolute Gasteiger partial charge is 0.202 e. The van der Waals surface area contributed by atoms with Crippen molar-refractivity contribution >= 4 is 11.6 Å². The molecule has 0 aromatic heterocycles. The molecule has 0 bridgehead atoms. The maximum Gasteiger partial charge on any atom is 0.202 e. The van der Waals surface area contributed by atoms with Crippen molar-refractivity contribution in [2.75, 3.05) is 7.11 Å². The highest BCUT2D eigenvalue weighted by Gasteiger charge is 2.79. The Morgan fingerprint density at radius 1 is 0.968 bits per heavy atom. The van der Waals surface area contributed by atoms with Crippen LogP contribution in [0.3, 0.4) is 0 Å². The molecule has 0 radical (unpaired) electrons. The van der Waals surface area contributed by atoms with Crippen LogP contribution in [0.1, 0.15) is 81.0 Å². The Kier molecular flexibility index (Phi) is 6.28. The number of fused-ring (bicyclic) bond motifs is 2. The summed E-state index contributed by atoms with van der Waals surface area (Å²) >= 11 is 0. The molecule has 0 saturated carbocycles. The van der Waals surface area contributed by atoms with Gasteiger partial charge in [0, 0.05) is 24.5 Å². The predicted molar refractivity (Wildman–Crippen MR) is 121 cm³/mol. The highest BCUT2D eigenvalue weighted by atomic mass is 16.6. The van der Waals surface area contributed by atoms with E-state index in [1.807, 2.05) is 32.9 Å². The van der Waals surface area contributed by atoms with Crippen molar-refractivity contribution in [3.63, 3.8) is 0 Å². The molecule has 5 heteroatoms. The van der Waals surface area contributed by atoms with E-state index in [0.717, 1.165) is 24.0 Å². The Balaban J connectivity index is 2.02. The van der Waals surface area contributed by atoms with E-state index in [1.54, 1.807) is 0 Å². The molecule has 0 spiro atoms. The van der Waals surface area contributed by atoms with Crippen LogP contribution in [0.25, 0.3) is 0 Å². The van der Waals surface area contributed by atoms with Gasteiger partial charge in [-0.15, -0.1) is 0 Å². The number of epoxide rings is 1. The van der Waals surface area contributed by atoms with Gasteiger partial charge in [-0.2, -0.15) is 0 Å². The van der Waals surface area contributed by atoms with E-state index in [-0.39, 0.29) is 34.2 Å². The van der Waals surface area contributed by atoms with Crippen LogP contribution >= 0.6 is 0 Å². The molecule has 1 fully saturated rings. The van der Waals surface area contributed by atoms with E-state index in [4.69, 9.17) is 9.47 Å². The van der Waals surface area contributed by atoms with E-state index >= 15 is 0 Å². The van der Waals surface area contributed by atoms with Gasteiger partial charge in [-0.1, -0.05) is 34.9 Å². The van der Waals surface area contributed by atoms with Crippen molar-refractivity contribution in [3.8, 4) is 11.5 Å². The van der Waals surface area contributed by atoms with E-state index in [0.29, 0.717) is 12.8 Å². The van der Waals surface area contributed by atoms with Crippen LogP contribution in [-0.2, 0) is 4.74 Å². The normalized spacial score (nSPS) is 24.3. The molecule has 1 aromatic carbocycles. The number of carbonyl (C=O) groups excluding carboxylic acids is 2. The second-order valence-electron chi connectivity index (χ2n) is 9.05. The van der Waals surface area contributed by atoms with Gasteiger partial charge in [-0.25, -0.2) is 0 Å². The van der Waals surface area contributed by atoms with Gasteiger partial charge in [-0.3, -0.25) is 9.59 Å². The summed E-state index contributed by atoms with van der Waals surface area (Å²) in [5, 5.41) is 10.1. The predicted octanol–water partition coefficient (Wildman–Crippen LogP) is 5.73. The number of hydrogen-bond acceptors (Lipinski definition) is 5. The first-order valence-electron chi connectivity index (χ1n) is 10.7. The Bertz CT molecular complexity index is 1000. The van der Waals surface area contributed by atoms with Gasteiger partial charge in [0.15, 0.2) is 17.0 Å². The summed E-state index contributed by atoms with van der Waals surface area (Å²) in [4.78, 5) is 27.2. The lowest BCUT2D eigenvalue weighted by Crippen LogP contribution is -2.45. The van der Waals surface area contributed by atoms with E-state index in [9.17, 15) is 14.7 Å². The number of phenols is 1. The molecule has 3 rings (SSSR count). The third-order valence-corrected chi connectivity index (χ3v) is 6.10. The standard InChI is InChI=1S/C26H32O5/c1-16(2)8-7-9-18(5)11-13-25-23(28)20-14-19(27)15-21(30-6)22(20)24(29)26(25,31-25)12-10-17(3)4/h8,10-11,14-15,27H,7,9,12-13H2,1-6H3/b18-11+. The second kappa shape index (κ2) is 8.46. The molecule has 166 valence electrons. The molecule has 1 aliphatic heterocycles. The molecule has 1 aliphatic carbocycles. The van der Waals surface area contributed by atoms with Gasteiger partial charge < -0.3 is 14.6 Å². The number of methoxy groups -OCH3 is 1. The quantitative estimate of drug-likeness (QED) is 0.426. The number of hydrogen-bond donors (Lipinski definition) is 1. The zero-order chi connectivity index (χ0) is 23.0. The Labute approximate surface area is 184 Å². The van der Waals surface area contributed by atoms with Crippen molar-refractivity contribution in [2.24, 2.45) is 0 Å². The average Bonchev–Trinajstić information content (AvgIpc) is 3.39. The van der Waals surface area contributed by atoms with E-state index in [2.05, 4.69) is 19.9 Å². The number of phenolic OH excluding ortho intramolecular Hbond substituents is 1. The maximum atomic E-state index is 13.6. The molecule has 0 amide bonds. The number of allylic oxidation sites excluding steroid dienone is 4. The number of carbonyl (C=O) groups is 2. The highest BCUT2D eigenvalue weighted by molar-refractivity contribution is 6.26. The lowest BCUT2D eigenvalue weighted by Gasteiger charge is -2.25. The third-order valence-electron chi connectivity index (χ3n) is 6.10. The molecule has 1 aromatic rings. The van der Waals surface area contributed by atoms with Crippen molar-refractivity contribution in [1.29, 1.82) is 0 Å². The van der Waals surface area contributed by atoms with E-state index in [1.165, 1.54) is 24.8 Å². The first-order valence-corrected chi connectivity index (χ1v) is 10.7. The number of benzene rings is 1. The van der Waals surface area contributed by atoms with Crippen LogP contribution in [0.2, 0.25) is 0 Å². The van der Waals surface area contributed by atoms with Gasteiger partial charge in [0.1, 0.15) is 11.5 Å². The van der Waals surface area contributed by atoms with E-state index < -0.39 is 11.2 Å². The SMILES string of the molecule is COc1cc(O)cc2c1C(=O)C1(CC=C(C)C)OC1(C/C=C(\C)CCC=C(C)C)C2=O. The summed E-state index contributed by atoms with van der Waals surface area (Å²) in [5.74, 6) is -0.445. The Morgan fingerprint density at radius 2 is 1.58 bits per heavy atom. The molecule has 2 unspecified atom stereocenters. The van der Waals surface area contributed by atoms with Crippen molar-refractivity contribution in [2.45, 2.75) is 71.5 Å². The van der Waals surface area contributed by atoms with Crippen LogP contribution in [0, 0.1) is 0 Å². The molecule has 2 aliphatic rings. The number of rotatable bonds is 8. The number of Topliss-reactive ketones (excluding diaryl/α,β-unsaturated/α-hetero) is 2. The molecular formula is C26H32O5. The van der Waals surface area contributed by atoms with Gasteiger partial charge in [0.05, 0.1) is 12.7 Å². The molecule has 1 saturated heterocycles. The molecule has 5 nitrogen and oxygen atoms in total. The summed E-state index contributed by atoms with van der Waals surface area (Å²) < 4.78 is 11.4. The summed E-state index contributed by atoms with van der Waals surface area (Å²) in [6, 6.07) is 2.71. The minimum absolute atomic E-state index is 0.113. The van der Waals surface area contributed by atoms with Crippen molar-refractivity contribution in [3.05, 3.63) is 58.2 Å². The van der Waals surface area contributed by atoms with Crippen LogP contribution in [0.5, 0.6) is 11.5 Å². The van der Waals surface area contributed by atoms with Gasteiger partial charge in [-0.05, 0) is 53.5 Å². The fourth-order valence-electron chi connectivity index (χ4n) is 4.28. The second-order valence-corrected chi connectivity index (χ2v) is 9.05. The summed E-state index contributed by atoms with van der Waals surface area (Å²) in [6.07, 6.45) is 8.61. The Hall–Kier alpha value is -2.66. The topological polar surface area (TPSA) is 76.1 Å². The van der Waals surface area contributed by atoms with Gasteiger partial charge >= 0.3 is 0 Å². The first kappa shape index (κ1) is 23.0. The monoisotopic (exact) mass is 424 g/mol. The lowest BCUT2D eigenvalue weighted by molar-refractivity contribution is 0.0837. The first-order chi connectivity index (χ1) is 14.6. The minimum atomic E-state index is -1.24. The van der Waals surface area contributed by atoms with Crippen molar-refractivity contribution < 1.29 is 24.2 Å². The maximum absolute atomic E-state index is 13.6. The summed E-state index contributed by atoms with van der Waals surface area (Å²) in [7, 11) is 1.42. The molecular weight excluding hydrogens is 392 g/mol.